The van der Waals surface area contributed by atoms with Gasteiger partial charge in [0.2, 0.25) is 0 Å². The van der Waals surface area contributed by atoms with Crippen molar-refractivity contribution >= 4 is 17.3 Å². The standard InChI is InChI=1S/C16H18O4S/c1-4-11-5-6-13(14(7-11)19-3)20-9-12-8-15(16(17)18)21-10(12)2/h5-8H,4,9H2,1-3H3,(H,17,18). The van der Waals surface area contributed by atoms with Crippen LogP contribution in [0.25, 0.3) is 0 Å². The number of carbonyl (C=O) groups is 1. The quantitative estimate of drug-likeness (QED) is 0.879. The molecule has 1 aromatic carbocycles. The zero-order valence-electron chi connectivity index (χ0n) is 12.3. The maximum Gasteiger partial charge on any atom is 0.345 e. The van der Waals surface area contributed by atoms with Crippen LogP contribution in [-0.4, -0.2) is 18.2 Å². The monoisotopic (exact) mass is 306 g/mol. The maximum absolute atomic E-state index is 11.0. The second kappa shape index (κ2) is 6.63. The lowest BCUT2D eigenvalue weighted by atomic mass is 10.1. The highest BCUT2D eigenvalue weighted by Crippen LogP contribution is 2.30. The van der Waals surface area contributed by atoms with Crippen LogP contribution in [-0.2, 0) is 13.0 Å². The zero-order chi connectivity index (χ0) is 15.4. The molecule has 0 aliphatic rings. The summed E-state index contributed by atoms with van der Waals surface area (Å²) in [5.41, 5.74) is 2.07. The SMILES string of the molecule is CCc1ccc(OCc2cc(C(=O)O)sc2C)c(OC)c1. The van der Waals surface area contributed by atoms with Crippen LogP contribution in [0.1, 0.15) is 32.6 Å². The lowest BCUT2D eigenvalue weighted by molar-refractivity contribution is 0.0702. The van der Waals surface area contributed by atoms with E-state index in [1.165, 1.54) is 16.9 Å². The number of hydrogen-bond donors (Lipinski definition) is 1. The molecular weight excluding hydrogens is 288 g/mol. The molecule has 0 fully saturated rings. The first-order chi connectivity index (χ1) is 10.0. The number of aryl methyl sites for hydroxylation is 2. The normalized spacial score (nSPS) is 10.4. The summed E-state index contributed by atoms with van der Waals surface area (Å²) in [6, 6.07) is 7.51. The molecule has 1 N–H and O–H groups in total. The number of carboxylic acid groups (broad SMARTS) is 1. The van der Waals surface area contributed by atoms with Gasteiger partial charge in [0.25, 0.3) is 0 Å². The summed E-state index contributed by atoms with van der Waals surface area (Å²) in [6.07, 6.45) is 0.933. The molecule has 0 unspecified atom stereocenters. The smallest absolute Gasteiger partial charge is 0.345 e. The van der Waals surface area contributed by atoms with E-state index in [2.05, 4.69) is 6.92 Å². The third-order valence-electron chi connectivity index (χ3n) is 3.25. The van der Waals surface area contributed by atoms with E-state index in [4.69, 9.17) is 14.6 Å². The highest BCUT2D eigenvalue weighted by Gasteiger charge is 2.12. The Bertz CT molecular complexity index is 646. The average Bonchev–Trinajstić information content (AvgIpc) is 2.86. The maximum atomic E-state index is 11.0. The Hall–Kier alpha value is -2.01. The van der Waals surface area contributed by atoms with E-state index in [1.54, 1.807) is 13.2 Å². The van der Waals surface area contributed by atoms with Crippen LogP contribution in [0.4, 0.5) is 0 Å². The van der Waals surface area contributed by atoms with Crippen molar-refractivity contribution in [3.63, 3.8) is 0 Å². The van der Waals surface area contributed by atoms with Gasteiger partial charge in [0.05, 0.1) is 7.11 Å². The molecule has 1 aromatic heterocycles. The van der Waals surface area contributed by atoms with E-state index in [0.717, 1.165) is 16.9 Å². The van der Waals surface area contributed by atoms with Gasteiger partial charge in [-0.3, -0.25) is 0 Å². The molecule has 2 aromatic rings. The molecule has 112 valence electrons. The van der Waals surface area contributed by atoms with Crippen LogP contribution in [0, 0.1) is 6.92 Å². The Labute approximate surface area is 128 Å². The van der Waals surface area contributed by atoms with Gasteiger partial charge in [0, 0.05) is 10.4 Å². The van der Waals surface area contributed by atoms with Gasteiger partial charge in [-0.1, -0.05) is 13.0 Å². The van der Waals surface area contributed by atoms with Crippen LogP contribution in [0.2, 0.25) is 0 Å². The summed E-state index contributed by atoms with van der Waals surface area (Å²) >= 11 is 1.26. The second-order valence-corrected chi connectivity index (χ2v) is 5.88. The van der Waals surface area contributed by atoms with Crippen molar-refractivity contribution in [2.45, 2.75) is 26.9 Å². The number of ether oxygens (including phenoxy) is 2. The fourth-order valence-corrected chi connectivity index (χ4v) is 2.84. The number of rotatable bonds is 6. The molecule has 0 amide bonds. The summed E-state index contributed by atoms with van der Waals surface area (Å²) in [5.74, 6) is 0.456. The van der Waals surface area contributed by atoms with Gasteiger partial charge in [0.15, 0.2) is 11.5 Å². The fraction of sp³-hybridized carbons (Fsp3) is 0.312. The molecule has 5 heteroatoms. The highest BCUT2D eigenvalue weighted by molar-refractivity contribution is 7.14. The van der Waals surface area contributed by atoms with Gasteiger partial charge < -0.3 is 14.6 Å². The Balaban J connectivity index is 2.14. The number of hydrogen-bond acceptors (Lipinski definition) is 4. The molecule has 0 atom stereocenters. The Morgan fingerprint density at radius 2 is 2.05 bits per heavy atom. The van der Waals surface area contributed by atoms with E-state index in [9.17, 15) is 4.79 Å². The number of benzene rings is 1. The third-order valence-corrected chi connectivity index (χ3v) is 4.33. The fourth-order valence-electron chi connectivity index (χ4n) is 1.98. The van der Waals surface area contributed by atoms with Crippen LogP contribution in [0.15, 0.2) is 24.3 Å². The van der Waals surface area contributed by atoms with E-state index < -0.39 is 5.97 Å². The van der Waals surface area contributed by atoms with Crippen molar-refractivity contribution in [3.05, 3.63) is 45.1 Å². The summed E-state index contributed by atoms with van der Waals surface area (Å²) in [6.45, 7) is 4.31. The molecule has 0 radical (unpaired) electrons. The van der Waals surface area contributed by atoms with E-state index in [0.29, 0.717) is 23.0 Å². The molecule has 1 heterocycles. The van der Waals surface area contributed by atoms with Crippen molar-refractivity contribution in [1.29, 1.82) is 0 Å². The topological polar surface area (TPSA) is 55.8 Å². The van der Waals surface area contributed by atoms with Gasteiger partial charge in [-0.05, 0) is 37.1 Å². The van der Waals surface area contributed by atoms with Crippen LogP contribution in [0.5, 0.6) is 11.5 Å². The molecule has 0 aliphatic carbocycles. The summed E-state index contributed by atoms with van der Waals surface area (Å²) in [4.78, 5) is 12.2. The largest absolute Gasteiger partial charge is 0.493 e. The minimum atomic E-state index is -0.903. The minimum Gasteiger partial charge on any atom is -0.493 e. The first kappa shape index (κ1) is 15.4. The Morgan fingerprint density at radius 3 is 2.62 bits per heavy atom. The summed E-state index contributed by atoms with van der Waals surface area (Å²) in [5, 5.41) is 9.00. The molecule has 2 rings (SSSR count). The van der Waals surface area contributed by atoms with Crippen LogP contribution >= 0.6 is 11.3 Å². The molecule has 0 spiro atoms. The number of thiophene rings is 1. The molecule has 0 saturated heterocycles. The third kappa shape index (κ3) is 3.55. The van der Waals surface area contributed by atoms with Crippen LogP contribution < -0.4 is 9.47 Å². The number of carboxylic acids is 1. The van der Waals surface area contributed by atoms with Crippen molar-refractivity contribution in [2.24, 2.45) is 0 Å². The van der Waals surface area contributed by atoms with E-state index in [1.807, 2.05) is 25.1 Å². The van der Waals surface area contributed by atoms with Crippen molar-refractivity contribution in [2.75, 3.05) is 7.11 Å². The van der Waals surface area contributed by atoms with Crippen molar-refractivity contribution < 1.29 is 19.4 Å². The number of aromatic carboxylic acids is 1. The molecule has 21 heavy (non-hydrogen) atoms. The summed E-state index contributed by atoms with van der Waals surface area (Å²) in [7, 11) is 1.61. The van der Waals surface area contributed by atoms with Crippen LogP contribution in [0.3, 0.4) is 0 Å². The number of methoxy groups -OCH3 is 1. The van der Waals surface area contributed by atoms with Gasteiger partial charge in [-0.2, -0.15) is 0 Å². The zero-order valence-corrected chi connectivity index (χ0v) is 13.1. The molecule has 4 nitrogen and oxygen atoms in total. The molecular formula is C16H18O4S. The Kier molecular flexibility index (Phi) is 4.85. The van der Waals surface area contributed by atoms with Gasteiger partial charge in [-0.15, -0.1) is 11.3 Å². The van der Waals surface area contributed by atoms with E-state index in [-0.39, 0.29) is 0 Å². The average molecular weight is 306 g/mol. The summed E-state index contributed by atoms with van der Waals surface area (Å²) < 4.78 is 11.1. The second-order valence-electron chi connectivity index (χ2n) is 4.62. The van der Waals surface area contributed by atoms with Crippen molar-refractivity contribution in [3.8, 4) is 11.5 Å². The molecule has 0 aliphatic heterocycles. The highest BCUT2D eigenvalue weighted by atomic mass is 32.1. The lowest BCUT2D eigenvalue weighted by Crippen LogP contribution is -1.99. The first-order valence-electron chi connectivity index (χ1n) is 6.67. The van der Waals surface area contributed by atoms with Gasteiger partial charge >= 0.3 is 5.97 Å². The molecule has 0 saturated carbocycles. The lowest BCUT2D eigenvalue weighted by Gasteiger charge is -2.11. The Morgan fingerprint density at radius 1 is 1.29 bits per heavy atom. The molecule has 0 bridgehead atoms. The predicted molar refractivity (Wildman–Crippen MR) is 82.7 cm³/mol. The first-order valence-corrected chi connectivity index (χ1v) is 7.49. The van der Waals surface area contributed by atoms with Gasteiger partial charge in [0.1, 0.15) is 11.5 Å². The predicted octanol–water partition coefficient (Wildman–Crippen LogP) is 3.90. The van der Waals surface area contributed by atoms with Gasteiger partial charge in [-0.25, -0.2) is 4.79 Å². The minimum absolute atomic E-state index is 0.331. The van der Waals surface area contributed by atoms with E-state index >= 15 is 0 Å². The van der Waals surface area contributed by atoms with Crippen molar-refractivity contribution in [1.82, 2.24) is 0 Å².